The van der Waals surface area contributed by atoms with Crippen LogP contribution in [0.4, 0.5) is 0 Å². The van der Waals surface area contributed by atoms with Gasteiger partial charge in [0.15, 0.2) is 0 Å². The number of aryl methyl sites for hydroxylation is 1. The molecule has 1 N–H and O–H groups in total. The zero-order chi connectivity index (χ0) is 16.8. The SMILES string of the molecule is Cc1csc(-c2ccc(OCC(O)COCc3ccco3)cc2)n1. The van der Waals surface area contributed by atoms with Crippen molar-refractivity contribution in [2.24, 2.45) is 0 Å². The summed E-state index contributed by atoms with van der Waals surface area (Å²) in [4.78, 5) is 4.45. The second-order valence-corrected chi connectivity index (χ2v) is 6.24. The fraction of sp³-hybridized carbons (Fsp3) is 0.278. The van der Waals surface area contributed by atoms with E-state index in [9.17, 15) is 5.11 Å². The molecule has 0 amide bonds. The zero-order valence-corrected chi connectivity index (χ0v) is 14.2. The molecule has 1 atom stereocenters. The molecule has 3 aromatic rings. The summed E-state index contributed by atoms with van der Waals surface area (Å²) >= 11 is 1.62. The predicted molar refractivity (Wildman–Crippen MR) is 92.2 cm³/mol. The number of aliphatic hydroxyl groups excluding tert-OH is 1. The Morgan fingerprint density at radius 2 is 2.04 bits per heavy atom. The summed E-state index contributed by atoms with van der Waals surface area (Å²) in [7, 11) is 0. The molecule has 126 valence electrons. The molecular formula is C18H19NO4S. The Kier molecular flexibility index (Phi) is 5.63. The highest BCUT2D eigenvalue weighted by Crippen LogP contribution is 2.25. The van der Waals surface area contributed by atoms with Crippen LogP contribution < -0.4 is 4.74 Å². The maximum atomic E-state index is 9.89. The van der Waals surface area contributed by atoms with Gasteiger partial charge in [-0.1, -0.05) is 0 Å². The Morgan fingerprint density at radius 1 is 1.21 bits per heavy atom. The highest BCUT2D eigenvalue weighted by molar-refractivity contribution is 7.13. The molecule has 0 bridgehead atoms. The minimum absolute atomic E-state index is 0.174. The molecule has 0 aliphatic rings. The Morgan fingerprint density at radius 3 is 2.71 bits per heavy atom. The Bertz CT molecular complexity index is 737. The summed E-state index contributed by atoms with van der Waals surface area (Å²) in [5.41, 5.74) is 2.08. The lowest BCUT2D eigenvalue weighted by atomic mass is 10.2. The van der Waals surface area contributed by atoms with E-state index in [2.05, 4.69) is 4.98 Å². The minimum Gasteiger partial charge on any atom is -0.491 e. The van der Waals surface area contributed by atoms with E-state index in [1.54, 1.807) is 23.7 Å². The minimum atomic E-state index is -0.693. The van der Waals surface area contributed by atoms with Crippen LogP contribution in [0.25, 0.3) is 10.6 Å². The van der Waals surface area contributed by atoms with Gasteiger partial charge >= 0.3 is 0 Å². The van der Waals surface area contributed by atoms with Crippen LogP contribution in [0.3, 0.4) is 0 Å². The van der Waals surface area contributed by atoms with Gasteiger partial charge in [0.25, 0.3) is 0 Å². The average molecular weight is 345 g/mol. The molecule has 3 rings (SSSR count). The fourth-order valence-corrected chi connectivity index (χ4v) is 2.91. The van der Waals surface area contributed by atoms with Crippen LogP contribution in [-0.2, 0) is 11.3 Å². The van der Waals surface area contributed by atoms with Gasteiger partial charge in [0.2, 0.25) is 0 Å². The standard InChI is InChI=1S/C18H19NO4S/c1-13-12-24-18(19-13)14-4-6-16(7-5-14)23-10-15(20)9-21-11-17-3-2-8-22-17/h2-8,12,15,20H,9-11H2,1H3. The highest BCUT2D eigenvalue weighted by atomic mass is 32.1. The van der Waals surface area contributed by atoms with Crippen molar-refractivity contribution in [2.45, 2.75) is 19.6 Å². The Hall–Kier alpha value is -2.15. The Balaban J connectivity index is 1.42. The average Bonchev–Trinajstić information content (AvgIpc) is 3.25. The largest absolute Gasteiger partial charge is 0.491 e. The molecule has 2 heterocycles. The number of aliphatic hydroxyl groups is 1. The Labute approximate surface area is 144 Å². The lowest BCUT2D eigenvalue weighted by Crippen LogP contribution is -2.23. The van der Waals surface area contributed by atoms with E-state index in [0.717, 1.165) is 22.0 Å². The second kappa shape index (κ2) is 8.10. The molecule has 0 saturated carbocycles. The number of hydrogen-bond acceptors (Lipinski definition) is 6. The summed E-state index contributed by atoms with van der Waals surface area (Å²) < 4.78 is 16.1. The van der Waals surface area contributed by atoms with Crippen molar-refractivity contribution in [3.8, 4) is 16.3 Å². The maximum Gasteiger partial charge on any atom is 0.129 e. The van der Waals surface area contributed by atoms with Gasteiger partial charge in [-0.3, -0.25) is 0 Å². The number of nitrogens with zero attached hydrogens (tertiary/aromatic N) is 1. The van der Waals surface area contributed by atoms with E-state index in [-0.39, 0.29) is 13.2 Å². The normalized spacial score (nSPS) is 12.2. The quantitative estimate of drug-likeness (QED) is 0.675. The van der Waals surface area contributed by atoms with Crippen LogP contribution in [0.1, 0.15) is 11.5 Å². The van der Waals surface area contributed by atoms with Crippen LogP contribution >= 0.6 is 11.3 Å². The molecule has 0 fully saturated rings. The van der Waals surface area contributed by atoms with Crippen molar-refractivity contribution in [1.29, 1.82) is 0 Å². The molecular weight excluding hydrogens is 326 g/mol. The van der Waals surface area contributed by atoms with Crippen LogP contribution in [0, 0.1) is 6.92 Å². The van der Waals surface area contributed by atoms with Crippen LogP contribution in [-0.4, -0.2) is 29.4 Å². The van der Waals surface area contributed by atoms with E-state index in [0.29, 0.717) is 12.4 Å². The first kappa shape index (κ1) is 16.7. The predicted octanol–water partition coefficient (Wildman–Crippen LogP) is 3.67. The third-order valence-electron chi connectivity index (χ3n) is 3.30. The highest BCUT2D eigenvalue weighted by Gasteiger charge is 2.07. The second-order valence-electron chi connectivity index (χ2n) is 5.38. The van der Waals surface area contributed by atoms with Crippen molar-refractivity contribution in [2.75, 3.05) is 13.2 Å². The first-order chi connectivity index (χ1) is 11.7. The lowest BCUT2D eigenvalue weighted by Gasteiger charge is -2.12. The number of hydrogen-bond donors (Lipinski definition) is 1. The molecule has 6 heteroatoms. The summed E-state index contributed by atoms with van der Waals surface area (Å²) in [6.07, 6.45) is 0.899. The van der Waals surface area contributed by atoms with Crippen molar-refractivity contribution < 1.29 is 19.0 Å². The van der Waals surface area contributed by atoms with E-state index < -0.39 is 6.10 Å². The third kappa shape index (κ3) is 4.67. The summed E-state index contributed by atoms with van der Waals surface area (Å²) in [5.74, 6) is 1.44. The molecule has 0 aliphatic carbocycles. The van der Waals surface area contributed by atoms with Crippen molar-refractivity contribution in [3.63, 3.8) is 0 Å². The van der Waals surface area contributed by atoms with Gasteiger partial charge in [-0.05, 0) is 43.3 Å². The molecule has 24 heavy (non-hydrogen) atoms. The number of furan rings is 1. The molecule has 1 unspecified atom stereocenters. The van der Waals surface area contributed by atoms with Gasteiger partial charge in [-0.25, -0.2) is 4.98 Å². The number of ether oxygens (including phenoxy) is 2. The van der Waals surface area contributed by atoms with Crippen LogP contribution in [0.2, 0.25) is 0 Å². The van der Waals surface area contributed by atoms with Crippen molar-refractivity contribution in [1.82, 2.24) is 4.98 Å². The molecule has 2 aromatic heterocycles. The summed E-state index contributed by atoms with van der Waals surface area (Å²) in [6, 6.07) is 11.3. The first-order valence-electron chi connectivity index (χ1n) is 7.64. The van der Waals surface area contributed by atoms with E-state index >= 15 is 0 Å². The van der Waals surface area contributed by atoms with Crippen molar-refractivity contribution >= 4 is 11.3 Å². The topological polar surface area (TPSA) is 64.7 Å². The number of benzene rings is 1. The van der Waals surface area contributed by atoms with Gasteiger partial charge in [0.1, 0.15) is 35.8 Å². The van der Waals surface area contributed by atoms with E-state index in [4.69, 9.17) is 13.9 Å². The van der Waals surface area contributed by atoms with Gasteiger partial charge in [0.05, 0.1) is 12.9 Å². The molecule has 0 saturated heterocycles. The molecule has 0 radical (unpaired) electrons. The first-order valence-corrected chi connectivity index (χ1v) is 8.52. The lowest BCUT2D eigenvalue weighted by molar-refractivity contribution is 0.000881. The maximum absolute atomic E-state index is 9.89. The third-order valence-corrected chi connectivity index (χ3v) is 4.31. The van der Waals surface area contributed by atoms with E-state index in [1.165, 1.54) is 0 Å². The zero-order valence-electron chi connectivity index (χ0n) is 13.3. The summed E-state index contributed by atoms with van der Waals surface area (Å²) in [6.45, 7) is 2.68. The monoisotopic (exact) mass is 345 g/mol. The smallest absolute Gasteiger partial charge is 0.129 e. The molecule has 0 aliphatic heterocycles. The molecule has 0 spiro atoms. The van der Waals surface area contributed by atoms with Gasteiger partial charge < -0.3 is 19.0 Å². The van der Waals surface area contributed by atoms with Crippen LogP contribution in [0.5, 0.6) is 5.75 Å². The number of rotatable bonds is 8. The molecule has 5 nitrogen and oxygen atoms in total. The number of aromatic nitrogens is 1. The van der Waals surface area contributed by atoms with Gasteiger partial charge in [0, 0.05) is 16.6 Å². The molecule has 1 aromatic carbocycles. The van der Waals surface area contributed by atoms with E-state index in [1.807, 2.05) is 42.6 Å². The van der Waals surface area contributed by atoms with Gasteiger partial charge in [-0.15, -0.1) is 11.3 Å². The fourth-order valence-electron chi connectivity index (χ4n) is 2.11. The number of thiazole rings is 1. The van der Waals surface area contributed by atoms with Gasteiger partial charge in [-0.2, -0.15) is 0 Å². The van der Waals surface area contributed by atoms with Crippen molar-refractivity contribution in [3.05, 3.63) is 59.5 Å². The van der Waals surface area contributed by atoms with Crippen LogP contribution in [0.15, 0.2) is 52.5 Å². The summed E-state index contributed by atoms with van der Waals surface area (Å²) in [5, 5.41) is 12.9.